The number of ether oxygens (including phenoxy) is 1. The second kappa shape index (κ2) is 5.25. The zero-order valence-electron chi connectivity index (χ0n) is 10.0. The van der Waals surface area contributed by atoms with Gasteiger partial charge in [0.05, 0.1) is 5.60 Å². The minimum atomic E-state index is -0.648. The summed E-state index contributed by atoms with van der Waals surface area (Å²) in [5.41, 5.74) is 1.46. The molecule has 0 bridgehead atoms. The van der Waals surface area contributed by atoms with Crippen LogP contribution in [0.25, 0.3) is 0 Å². The Bertz CT molecular complexity index is 389. The van der Waals surface area contributed by atoms with E-state index in [2.05, 4.69) is 5.32 Å². The summed E-state index contributed by atoms with van der Waals surface area (Å²) in [4.78, 5) is 0. The number of rotatable bonds is 3. The van der Waals surface area contributed by atoms with Gasteiger partial charge in [-0.3, -0.25) is 0 Å². The van der Waals surface area contributed by atoms with E-state index in [0.717, 1.165) is 16.3 Å². The normalized spacial score (nSPS) is 19.0. The highest BCUT2D eigenvalue weighted by Gasteiger charge is 2.29. The van der Waals surface area contributed by atoms with Crippen LogP contribution in [0.3, 0.4) is 0 Å². The monoisotopic (exact) mass is 255 g/mol. The van der Waals surface area contributed by atoms with E-state index in [1.165, 1.54) is 0 Å². The Hall–Kier alpha value is -0.770. The van der Waals surface area contributed by atoms with Gasteiger partial charge in [0.25, 0.3) is 0 Å². The number of benzene rings is 1. The fraction of sp³-hybridized carbons (Fsp3) is 0.538. The van der Waals surface area contributed by atoms with Crippen molar-refractivity contribution >= 4 is 17.3 Å². The summed E-state index contributed by atoms with van der Waals surface area (Å²) >= 11 is 5.90. The maximum Gasteiger partial charge on any atom is 0.0863 e. The first-order valence-corrected chi connectivity index (χ1v) is 6.27. The molecule has 2 rings (SSSR count). The van der Waals surface area contributed by atoms with Gasteiger partial charge >= 0.3 is 0 Å². The van der Waals surface area contributed by atoms with Gasteiger partial charge in [-0.2, -0.15) is 0 Å². The topological polar surface area (TPSA) is 41.5 Å². The van der Waals surface area contributed by atoms with Crippen LogP contribution in [0.15, 0.2) is 18.2 Å². The van der Waals surface area contributed by atoms with E-state index >= 15 is 0 Å². The summed E-state index contributed by atoms with van der Waals surface area (Å²) in [5.74, 6) is 0. The third-order valence-corrected chi connectivity index (χ3v) is 3.45. The Kier molecular flexibility index (Phi) is 3.92. The van der Waals surface area contributed by atoms with Gasteiger partial charge in [0, 0.05) is 43.3 Å². The maximum atomic E-state index is 10.3. The minimum Gasteiger partial charge on any atom is -0.388 e. The summed E-state index contributed by atoms with van der Waals surface area (Å²) in [6, 6.07) is 5.71. The molecule has 0 unspecified atom stereocenters. The average molecular weight is 256 g/mol. The first kappa shape index (κ1) is 12.7. The molecule has 1 saturated heterocycles. The first-order valence-electron chi connectivity index (χ1n) is 5.89. The van der Waals surface area contributed by atoms with Crippen molar-refractivity contribution in [1.82, 2.24) is 0 Å². The molecule has 0 amide bonds. The highest BCUT2D eigenvalue weighted by molar-refractivity contribution is 6.30. The largest absolute Gasteiger partial charge is 0.388 e. The molecule has 0 radical (unpaired) electrons. The second-order valence-electron chi connectivity index (χ2n) is 4.65. The minimum absolute atomic E-state index is 0.554. The summed E-state index contributed by atoms with van der Waals surface area (Å²) < 4.78 is 5.25. The number of hydrogen-bond donors (Lipinski definition) is 2. The Morgan fingerprint density at radius 3 is 2.76 bits per heavy atom. The fourth-order valence-electron chi connectivity index (χ4n) is 2.01. The van der Waals surface area contributed by atoms with Crippen LogP contribution in [-0.4, -0.2) is 30.5 Å². The Labute approximate surface area is 107 Å². The molecule has 17 heavy (non-hydrogen) atoms. The molecule has 0 spiro atoms. The van der Waals surface area contributed by atoms with Crippen LogP contribution in [-0.2, 0) is 4.74 Å². The smallest absolute Gasteiger partial charge is 0.0863 e. The third-order valence-electron chi connectivity index (χ3n) is 3.22. The van der Waals surface area contributed by atoms with Crippen LogP contribution in [0.4, 0.5) is 5.69 Å². The van der Waals surface area contributed by atoms with Crippen molar-refractivity contribution in [1.29, 1.82) is 0 Å². The highest BCUT2D eigenvalue weighted by atomic mass is 35.5. The molecule has 1 aliphatic heterocycles. The van der Waals surface area contributed by atoms with Gasteiger partial charge < -0.3 is 15.2 Å². The lowest BCUT2D eigenvalue weighted by atomic mass is 9.94. The molecular formula is C13H18ClNO2. The van der Waals surface area contributed by atoms with Crippen molar-refractivity contribution in [2.45, 2.75) is 25.4 Å². The van der Waals surface area contributed by atoms with E-state index in [1.54, 1.807) is 0 Å². The molecule has 0 aliphatic carbocycles. The standard InChI is InChI=1S/C13H18ClNO2/c1-10-8-11(14)2-3-12(10)15-9-13(16)4-6-17-7-5-13/h2-3,8,15-16H,4-7,9H2,1H3. The number of aliphatic hydroxyl groups is 1. The fourth-order valence-corrected chi connectivity index (χ4v) is 2.24. The van der Waals surface area contributed by atoms with E-state index in [-0.39, 0.29) is 0 Å². The highest BCUT2D eigenvalue weighted by Crippen LogP contribution is 2.24. The van der Waals surface area contributed by atoms with Crippen molar-refractivity contribution in [3.63, 3.8) is 0 Å². The molecule has 2 N–H and O–H groups in total. The molecule has 1 heterocycles. The number of aryl methyl sites for hydroxylation is 1. The number of nitrogens with one attached hydrogen (secondary N) is 1. The summed E-state index contributed by atoms with van der Waals surface area (Å²) in [6.45, 7) is 3.83. The van der Waals surface area contributed by atoms with Gasteiger partial charge in [0.15, 0.2) is 0 Å². The molecule has 0 saturated carbocycles. The van der Waals surface area contributed by atoms with E-state index in [4.69, 9.17) is 16.3 Å². The molecule has 4 heteroatoms. The van der Waals surface area contributed by atoms with Crippen molar-refractivity contribution < 1.29 is 9.84 Å². The van der Waals surface area contributed by atoms with Crippen LogP contribution in [0, 0.1) is 6.92 Å². The van der Waals surface area contributed by atoms with Gasteiger partial charge in [-0.1, -0.05) is 11.6 Å². The zero-order valence-corrected chi connectivity index (χ0v) is 10.8. The lowest BCUT2D eigenvalue weighted by Gasteiger charge is -2.32. The van der Waals surface area contributed by atoms with Crippen LogP contribution in [0.1, 0.15) is 18.4 Å². The molecule has 1 aromatic rings. The van der Waals surface area contributed by atoms with Gasteiger partial charge in [-0.05, 0) is 30.7 Å². The number of anilines is 1. The predicted octanol–water partition coefficient (Wildman–Crippen LogP) is 2.60. The molecule has 94 valence electrons. The van der Waals surface area contributed by atoms with Gasteiger partial charge in [0.1, 0.15) is 0 Å². The Morgan fingerprint density at radius 1 is 1.41 bits per heavy atom. The van der Waals surface area contributed by atoms with Crippen molar-refractivity contribution in [2.75, 3.05) is 25.1 Å². The van der Waals surface area contributed by atoms with E-state index in [0.29, 0.717) is 32.6 Å². The van der Waals surface area contributed by atoms with E-state index < -0.39 is 5.60 Å². The second-order valence-corrected chi connectivity index (χ2v) is 5.09. The molecular weight excluding hydrogens is 238 g/mol. The van der Waals surface area contributed by atoms with Crippen LogP contribution in [0.2, 0.25) is 5.02 Å². The first-order chi connectivity index (χ1) is 8.09. The zero-order chi connectivity index (χ0) is 12.3. The molecule has 0 aromatic heterocycles. The SMILES string of the molecule is Cc1cc(Cl)ccc1NCC1(O)CCOCC1. The molecule has 1 fully saturated rings. The van der Waals surface area contributed by atoms with Crippen LogP contribution in [0.5, 0.6) is 0 Å². The van der Waals surface area contributed by atoms with Crippen molar-refractivity contribution in [2.24, 2.45) is 0 Å². The summed E-state index contributed by atoms with van der Waals surface area (Å²) in [7, 11) is 0. The third kappa shape index (κ3) is 3.35. The van der Waals surface area contributed by atoms with E-state index in [9.17, 15) is 5.11 Å². The maximum absolute atomic E-state index is 10.3. The Morgan fingerprint density at radius 2 is 2.12 bits per heavy atom. The van der Waals surface area contributed by atoms with Gasteiger partial charge in [0.2, 0.25) is 0 Å². The summed E-state index contributed by atoms with van der Waals surface area (Å²) in [5, 5.41) is 14.3. The lowest BCUT2D eigenvalue weighted by Crippen LogP contribution is -2.42. The number of halogens is 1. The van der Waals surface area contributed by atoms with E-state index in [1.807, 2.05) is 25.1 Å². The predicted molar refractivity (Wildman–Crippen MR) is 69.7 cm³/mol. The molecule has 1 aromatic carbocycles. The average Bonchev–Trinajstić information content (AvgIpc) is 2.29. The lowest BCUT2D eigenvalue weighted by molar-refractivity contribution is -0.0543. The van der Waals surface area contributed by atoms with Crippen LogP contribution < -0.4 is 5.32 Å². The van der Waals surface area contributed by atoms with Crippen molar-refractivity contribution in [3.05, 3.63) is 28.8 Å². The van der Waals surface area contributed by atoms with Crippen molar-refractivity contribution in [3.8, 4) is 0 Å². The summed E-state index contributed by atoms with van der Waals surface area (Å²) in [6.07, 6.45) is 1.37. The Balaban J connectivity index is 1.97. The van der Waals surface area contributed by atoms with Gasteiger partial charge in [-0.15, -0.1) is 0 Å². The molecule has 0 atom stereocenters. The van der Waals surface area contributed by atoms with Gasteiger partial charge in [-0.25, -0.2) is 0 Å². The quantitative estimate of drug-likeness (QED) is 0.872. The van der Waals surface area contributed by atoms with Crippen LogP contribution >= 0.6 is 11.6 Å². The molecule has 1 aliphatic rings. The molecule has 3 nitrogen and oxygen atoms in total. The number of hydrogen-bond acceptors (Lipinski definition) is 3.